The molecule has 0 aliphatic rings. The second-order valence-corrected chi connectivity index (χ2v) is 5.61. The van der Waals surface area contributed by atoms with Crippen LogP contribution in [0.2, 0.25) is 0 Å². The van der Waals surface area contributed by atoms with Gasteiger partial charge in [0, 0.05) is 17.5 Å². The summed E-state index contributed by atoms with van der Waals surface area (Å²) in [4.78, 5) is 27.7. The lowest BCUT2D eigenvalue weighted by Crippen LogP contribution is -2.14. The predicted molar refractivity (Wildman–Crippen MR) is 89.7 cm³/mol. The van der Waals surface area contributed by atoms with Gasteiger partial charge < -0.3 is 9.26 Å². The number of carbonyl (C=O) groups excluding carboxylic acids is 2. The Morgan fingerprint density at radius 1 is 1.04 bits per heavy atom. The van der Waals surface area contributed by atoms with Crippen molar-refractivity contribution in [3.8, 4) is 11.4 Å². The molecule has 0 fully saturated rings. The Balaban J connectivity index is 1.48. The zero-order valence-corrected chi connectivity index (χ0v) is 14.0. The second-order valence-electron chi connectivity index (χ2n) is 5.61. The van der Waals surface area contributed by atoms with E-state index < -0.39 is 24.2 Å². The molecule has 0 N–H and O–H groups in total. The quantitative estimate of drug-likeness (QED) is 0.467. The topological polar surface area (TPSA) is 82.3 Å². The lowest BCUT2D eigenvalue weighted by molar-refractivity contribution is -0.142. The second kappa shape index (κ2) is 8.31. The van der Waals surface area contributed by atoms with Crippen LogP contribution in [0, 0.1) is 11.6 Å². The van der Waals surface area contributed by atoms with Gasteiger partial charge in [0.1, 0.15) is 11.6 Å². The number of nitrogens with zero attached hydrogens (tertiary/aromatic N) is 2. The lowest BCUT2D eigenvalue weighted by Gasteiger charge is -2.03. The van der Waals surface area contributed by atoms with Crippen LogP contribution in [0.1, 0.15) is 22.7 Å². The van der Waals surface area contributed by atoms with Gasteiger partial charge in [0.05, 0.1) is 6.42 Å². The summed E-state index contributed by atoms with van der Waals surface area (Å²) in [6.07, 6.45) is 0.0582. The Labute approximate surface area is 152 Å². The molecule has 3 aromatic rings. The predicted octanol–water partition coefficient (Wildman–Crippen LogP) is 3.37. The Morgan fingerprint density at radius 2 is 1.81 bits per heavy atom. The smallest absolute Gasteiger partial charge is 0.306 e. The standard InChI is InChI=1S/C19H14F2N2O4/c20-14-6-4-12(5-7-14)19-22-17(27-23-19)8-9-18(25)26-11-16(24)13-2-1-3-15(21)10-13/h1-7,10H,8-9,11H2. The van der Waals surface area contributed by atoms with E-state index in [0.29, 0.717) is 5.56 Å². The highest BCUT2D eigenvalue weighted by Crippen LogP contribution is 2.16. The number of aryl methyl sites for hydroxylation is 1. The molecule has 2 aromatic carbocycles. The number of ether oxygens (including phenoxy) is 1. The molecule has 0 bridgehead atoms. The fourth-order valence-electron chi connectivity index (χ4n) is 2.25. The van der Waals surface area contributed by atoms with Crippen LogP contribution in [0.5, 0.6) is 0 Å². The lowest BCUT2D eigenvalue weighted by atomic mass is 10.1. The van der Waals surface area contributed by atoms with Gasteiger partial charge in [0.15, 0.2) is 12.4 Å². The summed E-state index contributed by atoms with van der Waals surface area (Å²) in [6, 6.07) is 10.7. The Bertz CT molecular complexity index is 954. The van der Waals surface area contributed by atoms with E-state index in [1.807, 2.05) is 0 Å². The molecule has 0 amide bonds. The van der Waals surface area contributed by atoms with Crippen LogP contribution < -0.4 is 0 Å². The van der Waals surface area contributed by atoms with Crippen molar-refractivity contribution in [1.29, 1.82) is 0 Å². The molecule has 0 saturated carbocycles. The number of carbonyl (C=O) groups is 2. The Hall–Kier alpha value is -3.42. The minimum absolute atomic E-state index is 0.0680. The number of aromatic nitrogens is 2. The van der Waals surface area contributed by atoms with E-state index in [0.717, 1.165) is 6.07 Å². The molecule has 0 aliphatic carbocycles. The first-order valence-electron chi connectivity index (χ1n) is 8.04. The third kappa shape index (κ3) is 5.04. The highest BCUT2D eigenvalue weighted by atomic mass is 19.1. The number of Topliss-reactive ketones (excluding diaryl/α,β-unsaturated/α-hetero) is 1. The fourth-order valence-corrected chi connectivity index (χ4v) is 2.25. The fraction of sp³-hybridized carbons (Fsp3) is 0.158. The van der Waals surface area contributed by atoms with Crippen molar-refractivity contribution in [2.24, 2.45) is 0 Å². The number of ketones is 1. The van der Waals surface area contributed by atoms with Gasteiger partial charge >= 0.3 is 5.97 Å². The highest BCUT2D eigenvalue weighted by Gasteiger charge is 2.14. The van der Waals surface area contributed by atoms with Crippen LogP contribution in [-0.2, 0) is 16.0 Å². The maximum atomic E-state index is 13.1. The molecule has 6 nitrogen and oxygen atoms in total. The van der Waals surface area contributed by atoms with Crippen LogP contribution in [0.4, 0.5) is 8.78 Å². The number of hydrogen-bond acceptors (Lipinski definition) is 6. The average molecular weight is 372 g/mol. The van der Waals surface area contributed by atoms with Crippen molar-refractivity contribution in [2.75, 3.05) is 6.61 Å². The van der Waals surface area contributed by atoms with E-state index in [1.165, 1.54) is 42.5 Å². The van der Waals surface area contributed by atoms with Crippen LogP contribution in [0.3, 0.4) is 0 Å². The first-order chi connectivity index (χ1) is 13.0. The molecule has 27 heavy (non-hydrogen) atoms. The van der Waals surface area contributed by atoms with Crippen molar-refractivity contribution < 1.29 is 27.6 Å². The zero-order valence-electron chi connectivity index (χ0n) is 14.0. The van der Waals surface area contributed by atoms with Crippen molar-refractivity contribution >= 4 is 11.8 Å². The molecule has 8 heteroatoms. The summed E-state index contributed by atoms with van der Waals surface area (Å²) in [7, 11) is 0. The van der Waals surface area contributed by atoms with E-state index in [2.05, 4.69) is 10.1 Å². The molecule has 0 radical (unpaired) electrons. The maximum Gasteiger partial charge on any atom is 0.306 e. The third-order valence-electron chi connectivity index (χ3n) is 3.62. The van der Waals surface area contributed by atoms with Crippen molar-refractivity contribution in [3.05, 3.63) is 71.6 Å². The average Bonchev–Trinajstić information content (AvgIpc) is 3.14. The minimum Gasteiger partial charge on any atom is -0.457 e. The Kier molecular flexibility index (Phi) is 5.65. The van der Waals surface area contributed by atoms with Gasteiger partial charge in [-0.05, 0) is 36.4 Å². The Morgan fingerprint density at radius 3 is 2.56 bits per heavy atom. The van der Waals surface area contributed by atoms with E-state index in [1.54, 1.807) is 0 Å². The molecule has 0 atom stereocenters. The van der Waals surface area contributed by atoms with Gasteiger partial charge in [0.25, 0.3) is 0 Å². The summed E-state index contributed by atoms with van der Waals surface area (Å²) in [5, 5.41) is 3.77. The highest BCUT2D eigenvalue weighted by molar-refractivity contribution is 5.97. The largest absolute Gasteiger partial charge is 0.457 e. The van der Waals surface area contributed by atoms with Crippen molar-refractivity contribution in [2.45, 2.75) is 12.8 Å². The van der Waals surface area contributed by atoms with Crippen LogP contribution >= 0.6 is 0 Å². The number of hydrogen-bond donors (Lipinski definition) is 0. The van der Waals surface area contributed by atoms with Gasteiger partial charge in [-0.25, -0.2) is 8.78 Å². The number of halogens is 2. The van der Waals surface area contributed by atoms with Gasteiger partial charge in [-0.15, -0.1) is 0 Å². The van der Waals surface area contributed by atoms with Crippen LogP contribution in [-0.4, -0.2) is 28.5 Å². The monoisotopic (exact) mass is 372 g/mol. The molecule has 3 rings (SSSR count). The first kappa shape index (κ1) is 18.4. The first-order valence-corrected chi connectivity index (χ1v) is 8.04. The van der Waals surface area contributed by atoms with E-state index in [-0.39, 0.29) is 35.9 Å². The minimum atomic E-state index is -0.624. The molecule has 1 aromatic heterocycles. The van der Waals surface area contributed by atoms with E-state index in [4.69, 9.17) is 9.26 Å². The molecular weight excluding hydrogens is 358 g/mol. The summed E-state index contributed by atoms with van der Waals surface area (Å²) in [6.45, 7) is -0.479. The summed E-state index contributed by atoms with van der Waals surface area (Å²) < 4.78 is 35.9. The molecule has 0 unspecified atom stereocenters. The normalized spacial score (nSPS) is 10.6. The number of benzene rings is 2. The SMILES string of the molecule is O=C(CCc1nc(-c2ccc(F)cc2)no1)OCC(=O)c1cccc(F)c1. The molecule has 0 aliphatic heterocycles. The maximum absolute atomic E-state index is 13.1. The van der Waals surface area contributed by atoms with Crippen LogP contribution in [0.15, 0.2) is 53.1 Å². The van der Waals surface area contributed by atoms with E-state index in [9.17, 15) is 18.4 Å². The summed E-state index contributed by atoms with van der Waals surface area (Å²) >= 11 is 0. The van der Waals surface area contributed by atoms with Crippen molar-refractivity contribution in [1.82, 2.24) is 10.1 Å². The van der Waals surface area contributed by atoms with Crippen LogP contribution in [0.25, 0.3) is 11.4 Å². The van der Waals surface area contributed by atoms with Gasteiger partial charge in [0.2, 0.25) is 11.7 Å². The number of rotatable bonds is 7. The molecule has 0 saturated heterocycles. The van der Waals surface area contributed by atoms with E-state index >= 15 is 0 Å². The van der Waals surface area contributed by atoms with Gasteiger partial charge in [-0.1, -0.05) is 17.3 Å². The number of esters is 1. The molecule has 138 valence electrons. The van der Waals surface area contributed by atoms with Crippen molar-refractivity contribution in [3.63, 3.8) is 0 Å². The summed E-state index contributed by atoms with van der Waals surface area (Å²) in [5.74, 6) is -1.55. The van der Waals surface area contributed by atoms with Gasteiger partial charge in [-0.3, -0.25) is 9.59 Å². The zero-order chi connectivity index (χ0) is 19.2. The molecule has 1 heterocycles. The molecular formula is C19H14F2N2O4. The van der Waals surface area contributed by atoms with Gasteiger partial charge in [-0.2, -0.15) is 4.98 Å². The third-order valence-corrected chi connectivity index (χ3v) is 3.62. The summed E-state index contributed by atoms with van der Waals surface area (Å²) in [5.41, 5.74) is 0.707. The molecule has 0 spiro atoms.